The predicted molar refractivity (Wildman–Crippen MR) is 109 cm³/mol. The van der Waals surface area contributed by atoms with E-state index >= 15 is 0 Å². The SMILES string of the molecule is COC(=O)N1c2ccccc2[C@@]23CCN4CC=C[C@]5(CC[C@]12C(O)(C(=O)OC)C5O)[C@H]43. The van der Waals surface area contributed by atoms with Gasteiger partial charge in [0.25, 0.3) is 0 Å². The van der Waals surface area contributed by atoms with E-state index in [-0.39, 0.29) is 6.04 Å². The fraction of sp³-hybridized carbons (Fsp3) is 0.565. The minimum atomic E-state index is -2.32. The lowest BCUT2D eigenvalue weighted by atomic mass is 9.37. The second-order valence-electron chi connectivity index (χ2n) is 9.48. The largest absolute Gasteiger partial charge is 0.467 e. The van der Waals surface area contributed by atoms with Crippen molar-refractivity contribution in [3.8, 4) is 0 Å². The van der Waals surface area contributed by atoms with Crippen LogP contribution in [0.2, 0.25) is 0 Å². The lowest BCUT2D eigenvalue weighted by Crippen LogP contribution is -2.90. The van der Waals surface area contributed by atoms with Crippen molar-refractivity contribution in [3.05, 3.63) is 42.0 Å². The van der Waals surface area contributed by atoms with E-state index in [1.807, 2.05) is 36.4 Å². The molecule has 8 nitrogen and oxygen atoms in total. The Bertz CT molecular complexity index is 1040. The van der Waals surface area contributed by atoms with Crippen molar-refractivity contribution in [1.82, 2.24) is 4.90 Å². The second kappa shape index (κ2) is 5.68. The number of rotatable bonds is 1. The van der Waals surface area contributed by atoms with Crippen LogP contribution in [0.25, 0.3) is 0 Å². The van der Waals surface area contributed by atoms with Gasteiger partial charge >= 0.3 is 12.1 Å². The lowest BCUT2D eigenvalue weighted by molar-refractivity contribution is -0.262. The number of aliphatic hydroxyl groups is 2. The van der Waals surface area contributed by atoms with Crippen LogP contribution in [0.4, 0.5) is 10.5 Å². The summed E-state index contributed by atoms with van der Waals surface area (Å²) in [6.07, 6.45) is 3.45. The number of hydrogen-bond acceptors (Lipinski definition) is 7. The molecule has 7 rings (SSSR count). The van der Waals surface area contributed by atoms with Crippen molar-refractivity contribution < 1.29 is 29.3 Å². The quantitative estimate of drug-likeness (QED) is 0.510. The van der Waals surface area contributed by atoms with Gasteiger partial charge in [-0.2, -0.15) is 0 Å². The molecule has 2 unspecified atom stereocenters. The molecule has 8 heteroatoms. The van der Waals surface area contributed by atoms with Crippen molar-refractivity contribution in [2.24, 2.45) is 5.41 Å². The minimum Gasteiger partial charge on any atom is -0.467 e. The fourth-order valence-corrected chi connectivity index (χ4v) is 8.21. The maximum absolute atomic E-state index is 13.3. The monoisotopic (exact) mass is 426 g/mol. The van der Waals surface area contributed by atoms with Gasteiger partial charge < -0.3 is 19.7 Å². The summed E-state index contributed by atoms with van der Waals surface area (Å²) >= 11 is 0. The Kier molecular flexibility index (Phi) is 3.53. The molecule has 2 bridgehead atoms. The standard InChI is InChI=1S/C23H26N2O6/c1-30-18(27)23(29)17(26)20-8-5-12-24-13-11-21(16(20)24)14-6-3-4-7-15(14)25(19(28)31-2)22(21,23)10-9-20/h3-8,16-17,26,29H,9-13H2,1-2H3/t16-,17?,20-,21+,22-,23?/m0/s1. The molecule has 6 atom stereocenters. The molecule has 1 aromatic carbocycles. The smallest absolute Gasteiger partial charge is 0.414 e. The highest BCUT2D eigenvalue weighted by atomic mass is 16.6. The van der Waals surface area contributed by atoms with Crippen LogP contribution in [-0.4, -0.2) is 77.8 Å². The number of benzene rings is 1. The average molecular weight is 426 g/mol. The number of anilines is 1. The van der Waals surface area contributed by atoms with Crippen molar-refractivity contribution in [1.29, 1.82) is 0 Å². The van der Waals surface area contributed by atoms with Crippen molar-refractivity contribution in [2.45, 2.75) is 48.0 Å². The molecule has 3 spiro atoms. The molecule has 6 aliphatic rings. The molecule has 3 aliphatic heterocycles. The van der Waals surface area contributed by atoms with Gasteiger partial charge in [0.15, 0.2) is 0 Å². The molecule has 4 fully saturated rings. The summed E-state index contributed by atoms with van der Waals surface area (Å²) in [4.78, 5) is 30.4. The third-order valence-corrected chi connectivity index (χ3v) is 8.96. The van der Waals surface area contributed by atoms with E-state index < -0.39 is 40.1 Å². The highest BCUT2D eigenvalue weighted by molar-refractivity contribution is 5.99. The number of amides is 1. The number of methoxy groups -OCH3 is 2. The summed E-state index contributed by atoms with van der Waals surface area (Å²) in [5.74, 6) is -0.920. The van der Waals surface area contributed by atoms with E-state index in [1.54, 1.807) is 0 Å². The molecular formula is C23H26N2O6. The van der Waals surface area contributed by atoms with Gasteiger partial charge in [0.1, 0.15) is 11.6 Å². The summed E-state index contributed by atoms with van der Waals surface area (Å²) in [6, 6.07) is 7.42. The zero-order valence-corrected chi connectivity index (χ0v) is 17.6. The van der Waals surface area contributed by atoms with Crippen LogP contribution in [0.1, 0.15) is 24.8 Å². The number of carbonyl (C=O) groups is 2. The highest BCUT2D eigenvalue weighted by Crippen LogP contribution is 2.76. The second-order valence-corrected chi connectivity index (χ2v) is 9.48. The van der Waals surface area contributed by atoms with Gasteiger partial charge in [-0.05, 0) is 37.4 Å². The molecule has 3 aliphatic carbocycles. The van der Waals surface area contributed by atoms with Crippen molar-refractivity contribution in [2.75, 3.05) is 32.2 Å². The van der Waals surface area contributed by atoms with E-state index in [1.165, 1.54) is 19.1 Å². The first kappa shape index (κ1) is 19.3. The molecule has 1 aromatic rings. The number of nitrogens with zero attached hydrogens (tertiary/aromatic N) is 2. The molecule has 3 saturated carbocycles. The lowest BCUT2D eigenvalue weighted by Gasteiger charge is -2.72. The van der Waals surface area contributed by atoms with Gasteiger partial charge in [-0.25, -0.2) is 9.59 Å². The molecule has 0 aromatic heterocycles. The molecule has 0 radical (unpaired) electrons. The maximum atomic E-state index is 13.3. The van der Waals surface area contributed by atoms with E-state index in [4.69, 9.17) is 9.47 Å². The normalized spacial score (nSPS) is 43.9. The molecule has 31 heavy (non-hydrogen) atoms. The Balaban J connectivity index is 1.77. The number of ether oxygens (including phenoxy) is 2. The molecule has 1 saturated heterocycles. The summed E-state index contributed by atoms with van der Waals surface area (Å²) in [5, 5.41) is 24.0. The Labute approximate surface area is 180 Å². The van der Waals surface area contributed by atoms with Crippen LogP contribution in [0.5, 0.6) is 0 Å². The van der Waals surface area contributed by atoms with E-state index in [2.05, 4.69) is 4.90 Å². The van der Waals surface area contributed by atoms with Gasteiger partial charge in [0.05, 0.1) is 19.9 Å². The third-order valence-electron chi connectivity index (χ3n) is 8.96. The number of hydrogen-bond donors (Lipinski definition) is 2. The molecular weight excluding hydrogens is 400 g/mol. The van der Waals surface area contributed by atoms with E-state index in [0.29, 0.717) is 24.9 Å². The summed E-state index contributed by atoms with van der Waals surface area (Å²) < 4.78 is 10.3. The molecule has 3 heterocycles. The zero-order valence-electron chi connectivity index (χ0n) is 17.6. The number of para-hydroxylation sites is 1. The summed E-state index contributed by atoms with van der Waals surface area (Å²) in [5.41, 5.74) is -3.77. The molecule has 2 N–H and O–H groups in total. The minimum absolute atomic E-state index is 0.158. The van der Waals surface area contributed by atoms with Crippen LogP contribution in [0.3, 0.4) is 0 Å². The fourth-order valence-electron chi connectivity index (χ4n) is 8.21. The van der Waals surface area contributed by atoms with Crippen LogP contribution in [0.15, 0.2) is 36.4 Å². The Morgan fingerprint density at radius 3 is 2.65 bits per heavy atom. The third kappa shape index (κ3) is 1.65. The van der Waals surface area contributed by atoms with Gasteiger partial charge in [-0.3, -0.25) is 9.80 Å². The van der Waals surface area contributed by atoms with E-state index in [9.17, 15) is 19.8 Å². The number of carbonyl (C=O) groups excluding carboxylic acids is 2. The van der Waals surface area contributed by atoms with Crippen LogP contribution < -0.4 is 4.90 Å². The highest BCUT2D eigenvalue weighted by Gasteiger charge is 2.89. The van der Waals surface area contributed by atoms with Gasteiger partial charge in [0, 0.05) is 23.4 Å². The number of fused-ring (bicyclic) bond motifs is 3. The summed E-state index contributed by atoms with van der Waals surface area (Å²) in [7, 11) is 2.50. The Hall–Kier alpha value is -2.42. The van der Waals surface area contributed by atoms with Crippen LogP contribution >= 0.6 is 0 Å². The first-order valence-electron chi connectivity index (χ1n) is 10.7. The first-order valence-corrected chi connectivity index (χ1v) is 10.7. The predicted octanol–water partition coefficient (Wildman–Crippen LogP) is 0.952. The van der Waals surface area contributed by atoms with E-state index in [0.717, 1.165) is 18.7 Å². The summed E-state index contributed by atoms with van der Waals surface area (Å²) in [6.45, 7) is 1.47. The van der Waals surface area contributed by atoms with Gasteiger partial charge in [-0.1, -0.05) is 30.4 Å². The Morgan fingerprint density at radius 1 is 1.13 bits per heavy atom. The maximum Gasteiger partial charge on any atom is 0.414 e. The van der Waals surface area contributed by atoms with Gasteiger partial charge in [-0.15, -0.1) is 0 Å². The van der Waals surface area contributed by atoms with Crippen LogP contribution in [-0.2, 0) is 19.7 Å². The Morgan fingerprint density at radius 2 is 1.90 bits per heavy atom. The van der Waals surface area contributed by atoms with Gasteiger partial charge in [0.2, 0.25) is 5.60 Å². The average Bonchev–Trinajstić information content (AvgIpc) is 3.33. The number of aliphatic hydroxyl groups excluding tert-OH is 1. The van der Waals surface area contributed by atoms with Crippen molar-refractivity contribution in [3.63, 3.8) is 0 Å². The van der Waals surface area contributed by atoms with Crippen LogP contribution in [0, 0.1) is 5.41 Å². The van der Waals surface area contributed by atoms with Crippen molar-refractivity contribution >= 4 is 17.7 Å². The molecule has 1 amide bonds. The number of esters is 1. The first-order chi connectivity index (χ1) is 14.9. The molecule has 164 valence electrons. The zero-order chi connectivity index (χ0) is 21.8. The topological polar surface area (TPSA) is 99.5 Å².